The lowest BCUT2D eigenvalue weighted by Gasteiger charge is -2.41. The zero-order chi connectivity index (χ0) is 27.4. The molecular formula is C30H37N5O4. The van der Waals surface area contributed by atoms with E-state index in [4.69, 9.17) is 9.47 Å². The predicted molar refractivity (Wildman–Crippen MR) is 147 cm³/mol. The number of carbonyl (C=O) groups is 2. The first-order valence-corrected chi connectivity index (χ1v) is 13.8. The molecule has 1 atom stereocenters. The van der Waals surface area contributed by atoms with E-state index in [1.165, 1.54) is 5.56 Å². The third-order valence-electron chi connectivity index (χ3n) is 8.07. The highest BCUT2D eigenvalue weighted by Crippen LogP contribution is 2.38. The second-order valence-corrected chi connectivity index (χ2v) is 10.7. The molecule has 0 aliphatic carbocycles. The van der Waals surface area contributed by atoms with Crippen LogP contribution in [0.25, 0.3) is 5.69 Å². The largest absolute Gasteiger partial charge is 0.497 e. The number of ether oxygens (including phenoxy) is 2. The lowest BCUT2D eigenvalue weighted by molar-refractivity contribution is -0.135. The average Bonchev–Trinajstić information content (AvgIpc) is 3.35. The summed E-state index contributed by atoms with van der Waals surface area (Å²) < 4.78 is 13.0. The lowest BCUT2D eigenvalue weighted by atomic mass is 9.73. The summed E-state index contributed by atoms with van der Waals surface area (Å²) in [6.45, 7) is 5.26. The fourth-order valence-corrected chi connectivity index (χ4v) is 5.66. The molecule has 2 amide bonds. The lowest BCUT2D eigenvalue weighted by Crippen LogP contribution is -2.52. The van der Waals surface area contributed by atoms with Gasteiger partial charge in [-0.3, -0.25) is 9.59 Å². The van der Waals surface area contributed by atoms with Gasteiger partial charge in [0, 0.05) is 19.2 Å². The van der Waals surface area contributed by atoms with Crippen molar-refractivity contribution in [2.75, 3.05) is 26.8 Å². The van der Waals surface area contributed by atoms with Crippen molar-refractivity contribution in [3.8, 4) is 17.2 Å². The Morgan fingerprint density at radius 1 is 1.10 bits per heavy atom. The zero-order valence-corrected chi connectivity index (χ0v) is 23.0. The maximum absolute atomic E-state index is 13.6. The first kappa shape index (κ1) is 26.7. The Bertz CT molecular complexity index is 1330. The highest BCUT2D eigenvalue weighted by atomic mass is 16.5. The second-order valence-electron chi connectivity index (χ2n) is 10.7. The number of benzene rings is 2. The molecule has 39 heavy (non-hydrogen) atoms. The van der Waals surface area contributed by atoms with E-state index in [1.54, 1.807) is 11.8 Å². The molecule has 2 aromatic carbocycles. The van der Waals surface area contributed by atoms with Crippen molar-refractivity contribution in [2.24, 2.45) is 5.41 Å². The van der Waals surface area contributed by atoms with E-state index in [0.717, 1.165) is 37.1 Å². The number of hydrogen-bond acceptors (Lipinski definition) is 6. The fourth-order valence-electron chi connectivity index (χ4n) is 5.66. The zero-order valence-electron chi connectivity index (χ0n) is 23.0. The van der Waals surface area contributed by atoms with E-state index in [0.29, 0.717) is 49.7 Å². The van der Waals surface area contributed by atoms with Gasteiger partial charge in [-0.15, -0.1) is 5.10 Å². The SMILES string of the molecule is COc1cccc(-n2nnc(C(=O)N3CCC4(CCCCc5ccccc5OC[C@@H](C)NC4=O)CC3)c2C)c1. The molecule has 1 N–H and O–H groups in total. The Morgan fingerprint density at radius 3 is 2.69 bits per heavy atom. The van der Waals surface area contributed by atoms with Crippen molar-refractivity contribution in [1.29, 1.82) is 0 Å². The van der Waals surface area contributed by atoms with Crippen LogP contribution in [0.3, 0.4) is 0 Å². The van der Waals surface area contributed by atoms with Gasteiger partial charge in [-0.1, -0.05) is 35.9 Å². The van der Waals surface area contributed by atoms with Gasteiger partial charge < -0.3 is 19.7 Å². The summed E-state index contributed by atoms with van der Waals surface area (Å²) in [5, 5.41) is 11.7. The monoisotopic (exact) mass is 531 g/mol. The normalized spacial score (nSPS) is 19.7. The molecule has 3 heterocycles. The number of hydrogen-bond donors (Lipinski definition) is 1. The molecule has 2 aliphatic heterocycles. The van der Waals surface area contributed by atoms with E-state index in [1.807, 2.05) is 61.2 Å². The minimum absolute atomic E-state index is 0.0692. The topological polar surface area (TPSA) is 98.6 Å². The van der Waals surface area contributed by atoms with Crippen LogP contribution in [0.15, 0.2) is 48.5 Å². The predicted octanol–water partition coefficient (Wildman–Crippen LogP) is 4.12. The molecule has 1 aromatic heterocycles. The van der Waals surface area contributed by atoms with Crippen molar-refractivity contribution < 1.29 is 19.1 Å². The van der Waals surface area contributed by atoms with Crippen LogP contribution in [-0.4, -0.2) is 64.6 Å². The van der Waals surface area contributed by atoms with Crippen molar-refractivity contribution in [1.82, 2.24) is 25.2 Å². The van der Waals surface area contributed by atoms with E-state index in [2.05, 4.69) is 21.7 Å². The summed E-state index contributed by atoms with van der Waals surface area (Å²) in [5.41, 5.74) is 2.51. The number of methoxy groups -OCH3 is 1. The number of aryl methyl sites for hydroxylation is 1. The molecule has 0 unspecified atom stereocenters. The summed E-state index contributed by atoms with van der Waals surface area (Å²) in [4.78, 5) is 28.9. The third-order valence-corrected chi connectivity index (χ3v) is 8.07. The van der Waals surface area contributed by atoms with Gasteiger partial charge in [0.05, 0.1) is 29.9 Å². The summed E-state index contributed by atoms with van der Waals surface area (Å²) in [5.74, 6) is 1.53. The molecule has 3 aromatic rings. The van der Waals surface area contributed by atoms with Gasteiger partial charge in [-0.25, -0.2) is 4.68 Å². The molecule has 0 radical (unpaired) electrons. The maximum Gasteiger partial charge on any atom is 0.276 e. The van der Waals surface area contributed by atoms with Crippen molar-refractivity contribution in [3.05, 3.63) is 65.5 Å². The van der Waals surface area contributed by atoms with E-state index in [-0.39, 0.29) is 17.9 Å². The van der Waals surface area contributed by atoms with Crippen LogP contribution in [-0.2, 0) is 11.2 Å². The van der Waals surface area contributed by atoms with E-state index < -0.39 is 5.41 Å². The molecule has 0 saturated carbocycles. The minimum Gasteiger partial charge on any atom is -0.497 e. The molecule has 9 nitrogen and oxygen atoms in total. The quantitative estimate of drug-likeness (QED) is 0.546. The molecule has 5 rings (SSSR count). The highest BCUT2D eigenvalue weighted by Gasteiger charge is 2.42. The highest BCUT2D eigenvalue weighted by molar-refractivity contribution is 5.93. The van der Waals surface area contributed by atoms with Crippen molar-refractivity contribution >= 4 is 11.8 Å². The number of para-hydroxylation sites is 1. The van der Waals surface area contributed by atoms with Gasteiger partial charge in [0.2, 0.25) is 5.91 Å². The van der Waals surface area contributed by atoms with Gasteiger partial charge in [0.25, 0.3) is 5.91 Å². The molecule has 1 spiro atoms. The number of nitrogens with zero attached hydrogens (tertiary/aromatic N) is 4. The molecular weight excluding hydrogens is 494 g/mol. The van der Waals surface area contributed by atoms with Crippen LogP contribution in [0.4, 0.5) is 0 Å². The molecule has 1 saturated heterocycles. The number of nitrogens with one attached hydrogen (secondary N) is 1. The second kappa shape index (κ2) is 11.5. The Balaban J connectivity index is 1.28. The van der Waals surface area contributed by atoms with E-state index >= 15 is 0 Å². The fraction of sp³-hybridized carbons (Fsp3) is 0.467. The molecule has 2 aliphatic rings. The van der Waals surface area contributed by atoms with Crippen molar-refractivity contribution in [3.63, 3.8) is 0 Å². The Morgan fingerprint density at radius 2 is 1.90 bits per heavy atom. The number of fused-ring (bicyclic) bond motifs is 1. The molecule has 1 fully saturated rings. The Labute approximate surface area is 229 Å². The van der Waals surface area contributed by atoms with Gasteiger partial charge >= 0.3 is 0 Å². The van der Waals surface area contributed by atoms with E-state index in [9.17, 15) is 9.59 Å². The minimum atomic E-state index is -0.489. The first-order chi connectivity index (χ1) is 18.9. The number of likely N-dealkylation sites (tertiary alicyclic amines) is 1. The van der Waals surface area contributed by atoms with Crippen molar-refractivity contribution in [2.45, 2.75) is 58.4 Å². The Kier molecular flexibility index (Phi) is 7.86. The average molecular weight is 532 g/mol. The van der Waals surface area contributed by atoms with Crippen LogP contribution in [0.5, 0.6) is 11.5 Å². The molecule has 206 valence electrons. The van der Waals surface area contributed by atoms with Crippen LogP contribution < -0.4 is 14.8 Å². The summed E-state index contributed by atoms with van der Waals surface area (Å²) >= 11 is 0. The van der Waals surface area contributed by atoms with Gasteiger partial charge in [-0.05, 0) is 69.7 Å². The number of rotatable bonds is 3. The Hall–Kier alpha value is -3.88. The summed E-state index contributed by atoms with van der Waals surface area (Å²) in [6, 6.07) is 15.5. The standard InChI is InChI=1S/C30H37N5O4/c1-21-20-39-26-13-5-4-9-23(26)10-6-7-14-30(29(37)31-21)15-17-34(18-16-30)28(36)27-22(2)35(33-32-27)24-11-8-12-25(19-24)38-3/h4-5,8-9,11-13,19,21H,6-7,10,14-18,20H2,1-3H3,(H,31,37)/t21-/m1/s1. The van der Waals surface area contributed by atoms with Gasteiger partial charge in [0.1, 0.15) is 18.1 Å². The van der Waals surface area contributed by atoms with Crippen LogP contribution in [0, 0.1) is 12.3 Å². The number of amides is 2. The van der Waals surface area contributed by atoms with Crippen LogP contribution >= 0.6 is 0 Å². The van der Waals surface area contributed by atoms with Gasteiger partial charge in [-0.2, -0.15) is 0 Å². The van der Waals surface area contributed by atoms with Crippen LogP contribution in [0.2, 0.25) is 0 Å². The summed E-state index contributed by atoms with van der Waals surface area (Å²) in [6.07, 6.45) is 4.91. The molecule has 9 heteroatoms. The summed E-state index contributed by atoms with van der Waals surface area (Å²) in [7, 11) is 1.61. The number of carbonyl (C=O) groups excluding carboxylic acids is 2. The number of piperidine rings is 1. The molecule has 0 bridgehead atoms. The first-order valence-electron chi connectivity index (χ1n) is 13.8. The smallest absolute Gasteiger partial charge is 0.276 e. The van der Waals surface area contributed by atoms with Crippen LogP contribution in [0.1, 0.15) is 60.8 Å². The number of aromatic nitrogens is 3. The maximum atomic E-state index is 13.6. The third kappa shape index (κ3) is 5.62. The van der Waals surface area contributed by atoms with Gasteiger partial charge in [0.15, 0.2) is 5.69 Å².